The van der Waals surface area contributed by atoms with Gasteiger partial charge in [-0.2, -0.15) is 0 Å². The van der Waals surface area contributed by atoms with Crippen LogP contribution in [0, 0.1) is 10.1 Å². The number of hydrogen-bond acceptors (Lipinski definition) is 6. The summed E-state index contributed by atoms with van der Waals surface area (Å²) in [7, 11) is 3.01. The van der Waals surface area contributed by atoms with Crippen molar-refractivity contribution in [2.75, 3.05) is 14.2 Å². The highest BCUT2D eigenvalue weighted by molar-refractivity contribution is 5.87. The van der Waals surface area contributed by atoms with Crippen molar-refractivity contribution in [3.05, 3.63) is 69.8 Å². The van der Waals surface area contributed by atoms with Gasteiger partial charge in [-0.3, -0.25) is 10.1 Å². The first-order valence-electron chi connectivity index (χ1n) is 7.33. The van der Waals surface area contributed by atoms with Crippen molar-refractivity contribution in [2.24, 2.45) is 0 Å². The van der Waals surface area contributed by atoms with E-state index in [1.807, 2.05) is 0 Å². The van der Waals surface area contributed by atoms with Crippen molar-refractivity contribution in [2.45, 2.75) is 6.61 Å². The number of ether oxygens (including phenoxy) is 3. The van der Waals surface area contributed by atoms with Crippen LogP contribution >= 0.6 is 0 Å². The molecule has 2 aromatic carbocycles. The van der Waals surface area contributed by atoms with Crippen molar-refractivity contribution in [3.8, 4) is 11.5 Å². The molecule has 0 fully saturated rings. The Kier molecular flexibility index (Phi) is 6.11. The third-order valence-corrected chi connectivity index (χ3v) is 3.37. The van der Waals surface area contributed by atoms with Crippen LogP contribution in [0.15, 0.2) is 48.5 Å². The van der Waals surface area contributed by atoms with E-state index >= 15 is 0 Å². The number of non-ortho nitro benzene ring substituents is 1. The van der Waals surface area contributed by atoms with E-state index in [9.17, 15) is 14.9 Å². The summed E-state index contributed by atoms with van der Waals surface area (Å²) in [5.41, 5.74) is 1.13. The number of rotatable bonds is 7. The molecule has 0 amide bonds. The van der Waals surface area contributed by atoms with Crippen molar-refractivity contribution in [3.63, 3.8) is 0 Å². The molecular weight excluding hydrogens is 326 g/mol. The van der Waals surface area contributed by atoms with Crippen LogP contribution in [0.5, 0.6) is 11.5 Å². The average molecular weight is 343 g/mol. The predicted octanol–water partition coefficient (Wildman–Crippen LogP) is 3.37. The summed E-state index contributed by atoms with van der Waals surface area (Å²) in [6.45, 7) is -0.128. The van der Waals surface area contributed by atoms with Gasteiger partial charge in [0.25, 0.3) is 5.69 Å². The van der Waals surface area contributed by atoms with Gasteiger partial charge >= 0.3 is 5.97 Å². The fourth-order valence-corrected chi connectivity index (χ4v) is 2.07. The van der Waals surface area contributed by atoms with E-state index in [0.717, 1.165) is 11.3 Å². The minimum absolute atomic E-state index is 0.0966. The minimum atomic E-state index is -0.565. The van der Waals surface area contributed by atoms with Crippen LogP contribution in [0.25, 0.3) is 6.08 Å². The first-order chi connectivity index (χ1) is 12.0. The Morgan fingerprint density at radius 2 is 1.84 bits per heavy atom. The summed E-state index contributed by atoms with van der Waals surface area (Å²) in [4.78, 5) is 22.1. The molecule has 2 rings (SSSR count). The van der Waals surface area contributed by atoms with Crippen LogP contribution in [0.3, 0.4) is 0 Å². The van der Waals surface area contributed by atoms with E-state index in [-0.39, 0.29) is 12.3 Å². The molecule has 0 unspecified atom stereocenters. The maximum absolute atomic E-state index is 11.8. The Balaban J connectivity index is 2.00. The normalized spacial score (nSPS) is 10.5. The number of carbonyl (C=O) groups is 1. The van der Waals surface area contributed by atoms with Gasteiger partial charge in [-0.1, -0.05) is 12.1 Å². The van der Waals surface area contributed by atoms with Crippen molar-refractivity contribution >= 4 is 17.7 Å². The predicted molar refractivity (Wildman–Crippen MR) is 91.5 cm³/mol. The Morgan fingerprint density at radius 3 is 2.44 bits per heavy atom. The van der Waals surface area contributed by atoms with Gasteiger partial charge in [0.15, 0.2) is 0 Å². The van der Waals surface area contributed by atoms with E-state index < -0.39 is 10.9 Å². The van der Waals surface area contributed by atoms with Gasteiger partial charge in [0.05, 0.1) is 19.1 Å². The number of nitro groups is 1. The maximum Gasteiger partial charge on any atom is 0.331 e. The molecule has 25 heavy (non-hydrogen) atoms. The lowest BCUT2D eigenvalue weighted by molar-refractivity contribution is -0.385. The maximum atomic E-state index is 11.8. The van der Waals surface area contributed by atoms with Crippen LogP contribution < -0.4 is 9.47 Å². The molecule has 2 aromatic rings. The smallest absolute Gasteiger partial charge is 0.331 e. The zero-order chi connectivity index (χ0) is 18.2. The van der Waals surface area contributed by atoms with Crippen molar-refractivity contribution in [1.29, 1.82) is 0 Å². The molecule has 0 N–H and O–H groups in total. The molecule has 0 heterocycles. The SMILES string of the molecule is COc1ccc(/C=C/C(=O)OCc2cc([N+](=O)[O-])ccc2OC)cc1. The number of nitro benzene ring substituents is 1. The van der Waals surface area contributed by atoms with E-state index in [4.69, 9.17) is 14.2 Å². The quantitative estimate of drug-likeness (QED) is 0.331. The topological polar surface area (TPSA) is 87.9 Å². The second-order valence-corrected chi connectivity index (χ2v) is 4.97. The zero-order valence-electron chi connectivity index (χ0n) is 13.8. The lowest BCUT2D eigenvalue weighted by atomic mass is 10.2. The lowest BCUT2D eigenvalue weighted by Gasteiger charge is -2.08. The molecule has 130 valence electrons. The second-order valence-electron chi connectivity index (χ2n) is 4.97. The van der Waals surface area contributed by atoms with Gasteiger partial charge in [-0.15, -0.1) is 0 Å². The molecule has 7 heteroatoms. The third-order valence-electron chi connectivity index (χ3n) is 3.37. The molecule has 7 nitrogen and oxygen atoms in total. The van der Waals surface area contributed by atoms with Crippen LogP contribution in [0.2, 0.25) is 0 Å². The van der Waals surface area contributed by atoms with Gasteiger partial charge in [0.2, 0.25) is 0 Å². The summed E-state index contributed by atoms with van der Waals surface area (Å²) in [6.07, 6.45) is 2.89. The van der Waals surface area contributed by atoms with E-state index in [0.29, 0.717) is 11.3 Å². The zero-order valence-corrected chi connectivity index (χ0v) is 13.8. The second kappa shape index (κ2) is 8.49. The summed E-state index contributed by atoms with van der Waals surface area (Å²) >= 11 is 0. The van der Waals surface area contributed by atoms with Gasteiger partial charge in [-0.05, 0) is 29.8 Å². The van der Waals surface area contributed by atoms with Crippen molar-refractivity contribution in [1.82, 2.24) is 0 Å². The Morgan fingerprint density at radius 1 is 1.12 bits per heavy atom. The number of hydrogen-bond donors (Lipinski definition) is 0. The van der Waals surface area contributed by atoms with Gasteiger partial charge in [0.1, 0.15) is 18.1 Å². The Labute approximate surface area is 144 Å². The Bertz CT molecular complexity index is 783. The van der Waals surface area contributed by atoms with E-state index in [1.54, 1.807) is 37.5 Å². The van der Waals surface area contributed by atoms with E-state index in [2.05, 4.69) is 0 Å². The van der Waals surface area contributed by atoms with Gasteiger partial charge in [0, 0.05) is 23.8 Å². The Hall–Kier alpha value is -3.35. The van der Waals surface area contributed by atoms with Crippen LogP contribution in [-0.2, 0) is 16.1 Å². The minimum Gasteiger partial charge on any atom is -0.497 e. The molecular formula is C18H17NO6. The molecule has 0 aromatic heterocycles. The van der Waals surface area contributed by atoms with E-state index in [1.165, 1.54) is 31.4 Å². The molecule has 0 aliphatic carbocycles. The van der Waals surface area contributed by atoms with Crippen LogP contribution in [0.4, 0.5) is 5.69 Å². The summed E-state index contributed by atoms with van der Waals surface area (Å²) in [6, 6.07) is 11.3. The molecule has 0 saturated heterocycles. The largest absolute Gasteiger partial charge is 0.497 e. The molecule has 0 atom stereocenters. The first kappa shape index (κ1) is 18.0. The standard InChI is InChI=1S/C18H17NO6/c1-23-16-7-3-13(4-8-16)5-10-18(20)25-12-14-11-15(19(21)22)6-9-17(14)24-2/h3-11H,12H2,1-2H3/b10-5+. The molecule has 0 aliphatic rings. The molecule has 0 radical (unpaired) electrons. The fourth-order valence-electron chi connectivity index (χ4n) is 2.07. The summed E-state index contributed by atoms with van der Waals surface area (Å²) in [5.74, 6) is 0.569. The molecule has 0 aliphatic heterocycles. The van der Waals surface area contributed by atoms with Gasteiger partial charge in [-0.25, -0.2) is 4.79 Å². The van der Waals surface area contributed by atoms with Crippen molar-refractivity contribution < 1.29 is 23.9 Å². The first-order valence-corrected chi connectivity index (χ1v) is 7.33. The van der Waals surface area contributed by atoms with Crippen LogP contribution in [0.1, 0.15) is 11.1 Å². The van der Waals surface area contributed by atoms with Crippen LogP contribution in [-0.4, -0.2) is 25.1 Å². The number of benzene rings is 2. The number of nitrogens with zero attached hydrogens (tertiary/aromatic N) is 1. The third kappa shape index (κ3) is 5.07. The monoisotopic (exact) mass is 343 g/mol. The van der Waals surface area contributed by atoms with Gasteiger partial charge < -0.3 is 14.2 Å². The highest BCUT2D eigenvalue weighted by Gasteiger charge is 2.12. The summed E-state index contributed by atoms with van der Waals surface area (Å²) < 4.78 is 15.3. The molecule has 0 spiro atoms. The average Bonchev–Trinajstić information content (AvgIpc) is 2.64. The fraction of sp³-hybridized carbons (Fsp3) is 0.167. The number of esters is 1. The number of carbonyl (C=O) groups excluding carboxylic acids is 1. The molecule has 0 saturated carbocycles. The lowest BCUT2D eigenvalue weighted by Crippen LogP contribution is -2.03. The highest BCUT2D eigenvalue weighted by atomic mass is 16.6. The number of methoxy groups -OCH3 is 2. The highest BCUT2D eigenvalue weighted by Crippen LogP contribution is 2.24. The summed E-state index contributed by atoms with van der Waals surface area (Å²) in [5, 5.41) is 10.8. The molecule has 0 bridgehead atoms.